The van der Waals surface area contributed by atoms with E-state index in [0.29, 0.717) is 22.6 Å². The third kappa shape index (κ3) is 3.23. The molecule has 0 aliphatic heterocycles. The summed E-state index contributed by atoms with van der Waals surface area (Å²) in [5, 5.41) is 12.5. The molecule has 3 rings (SSSR count). The van der Waals surface area contributed by atoms with E-state index in [0.717, 1.165) is 10.4 Å². The van der Waals surface area contributed by atoms with Crippen molar-refractivity contribution >= 4 is 17.3 Å². The fraction of sp³-hybridized carbons (Fsp3) is 0.150. The first-order valence-corrected chi connectivity index (χ1v) is 8.74. The maximum atomic E-state index is 11.5. The Balaban J connectivity index is 2.34. The van der Waals surface area contributed by atoms with Gasteiger partial charge in [-0.1, -0.05) is 12.1 Å². The van der Waals surface area contributed by atoms with E-state index in [4.69, 9.17) is 14.2 Å². The van der Waals surface area contributed by atoms with Crippen LogP contribution in [0.1, 0.15) is 6.92 Å². The van der Waals surface area contributed by atoms with Gasteiger partial charge in [0.15, 0.2) is 0 Å². The minimum atomic E-state index is -0.482. The number of carbonyl (C=O) groups excluding carboxylic acids is 1. The fourth-order valence-electron chi connectivity index (χ4n) is 2.82. The third-order valence-electron chi connectivity index (χ3n) is 3.84. The summed E-state index contributed by atoms with van der Waals surface area (Å²) < 4.78 is 16.5. The minimum absolute atomic E-state index is 0.0383. The molecule has 0 saturated heterocycles. The normalized spacial score (nSPS) is 10.4. The van der Waals surface area contributed by atoms with Crippen LogP contribution in [0, 0.1) is 0 Å². The molecule has 1 heterocycles. The van der Waals surface area contributed by atoms with Crippen molar-refractivity contribution < 1.29 is 24.1 Å². The Morgan fingerprint density at radius 3 is 2.38 bits per heavy atom. The summed E-state index contributed by atoms with van der Waals surface area (Å²) in [5.74, 6) is 0.740. The predicted molar refractivity (Wildman–Crippen MR) is 101 cm³/mol. The second-order valence-corrected chi connectivity index (χ2v) is 6.39. The van der Waals surface area contributed by atoms with Gasteiger partial charge in [-0.3, -0.25) is 4.79 Å². The van der Waals surface area contributed by atoms with Gasteiger partial charge >= 0.3 is 5.97 Å². The largest absolute Gasteiger partial charge is 0.507 e. The summed E-state index contributed by atoms with van der Waals surface area (Å²) in [5.41, 5.74) is 1.72. The first-order valence-electron chi connectivity index (χ1n) is 7.86. The number of thiophene rings is 1. The molecule has 5 nitrogen and oxygen atoms in total. The van der Waals surface area contributed by atoms with Gasteiger partial charge in [0.05, 0.1) is 25.3 Å². The number of aromatic hydroxyl groups is 1. The molecular weight excluding hydrogens is 352 g/mol. The van der Waals surface area contributed by atoms with Gasteiger partial charge in [0.2, 0.25) is 0 Å². The zero-order valence-electron chi connectivity index (χ0n) is 14.6. The number of rotatable bonds is 5. The zero-order chi connectivity index (χ0) is 18.7. The zero-order valence-corrected chi connectivity index (χ0v) is 15.4. The Morgan fingerprint density at radius 1 is 0.962 bits per heavy atom. The van der Waals surface area contributed by atoms with Crippen molar-refractivity contribution in [3.8, 4) is 44.6 Å². The molecule has 0 aliphatic carbocycles. The summed E-state index contributed by atoms with van der Waals surface area (Å²) in [4.78, 5) is 12.5. The first-order chi connectivity index (χ1) is 12.6. The van der Waals surface area contributed by atoms with Crippen LogP contribution in [0.2, 0.25) is 0 Å². The van der Waals surface area contributed by atoms with Crippen LogP contribution in [0.25, 0.3) is 21.6 Å². The van der Waals surface area contributed by atoms with Crippen LogP contribution in [-0.2, 0) is 4.79 Å². The molecule has 0 aliphatic rings. The lowest BCUT2D eigenvalue weighted by atomic mass is 9.97. The molecule has 26 heavy (non-hydrogen) atoms. The average molecular weight is 370 g/mol. The highest BCUT2D eigenvalue weighted by molar-refractivity contribution is 7.13. The molecule has 3 aromatic rings. The van der Waals surface area contributed by atoms with E-state index in [2.05, 4.69) is 0 Å². The van der Waals surface area contributed by atoms with Crippen molar-refractivity contribution in [2.75, 3.05) is 14.2 Å². The molecule has 0 saturated carbocycles. The van der Waals surface area contributed by atoms with Crippen LogP contribution in [0.5, 0.6) is 23.0 Å². The lowest BCUT2D eigenvalue weighted by molar-refractivity contribution is -0.131. The third-order valence-corrected chi connectivity index (χ3v) is 4.74. The molecule has 2 aromatic carbocycles. The Morgan fingerprint density at radius 2 is 1.77 bits per heavy atom. The number of ether oxygens (including phenoxy) is 3. The van der Waals surface area contributed by atoms with E-state index >= 15 is 0 Å². The van der Waals surface area contributed by atoms with Crippen molar-refractivity contribution in [1.82, 2.24) is 0 Å². The summed E-state index contributed by atoms with van der Waals surface area (Å²) in [6.45, 7) is 1.31. The van der Waals surface area contributed by atoms with Gasteiger partial charge in [-0.2, -0.15) is 0 Å². The molecule has 0 atom stereocenters. The van der Waals surface area contributed by atoms with E-state index in [1.807, 2.05) is 23.6 Å². The smallest absolute Gasteiger partial charge is 0.308 e. The molecule has 0 amide bonds. The molecular formula is C20H18O5S. The second kappa shape index (κ2) is 7.49. The van der Waals surface area contributed by atoms with Crippen molar-refractivity contribution in [1.29, 1.82) is 0 Å². The highest BCUT2D eigenvalue weighted by Crippen LogP contribution is 2.51. The lowest BCUT2D eigenvalue weighted by Crippen LogP contribution is -2.04. The van der Waals surface area contributed by atoms with Gasteiger partial charge in [-0.05, 0) is 35.7 Å². The van der Waals surface area contributed by atoms with Gasteiger partial charge in [0.1, 0.15) is 23.0 Å². The van der Waals surface area contributed by atoms with Crippen LogP contribution in [0.15, 0.2) is 47.8 Å². The average Bonchev–Trinajstić information content (AvgIpc) is 3.15. The number of carbonyl (C=O) groups is 1. The molecule has 1 N–H and O–H groups in total. The summed E-state index contributed by atoms with van der Waals surface area (Å²) in [6.07, 6.45) is 0. The molecule has 0 bridgehead atoms. The Labute approximate surface area is 155 Å². The van der Waals surface area contributed by atoms with E-state index in [9.17, 15) is 9.90 Å². The van der Waals surface area contributed by atoms with Gasteiger partial charge in [0, 0.05) is 17.4 Å². The fourth-order valence-corrected chi connectivity index (χ4v) is 3.57. The molecule has 0 radical (unpaired) electrons. The number of esters is 1. The van der Waals surface area contributed by atoms with Crippen molar-refractivity contribution in [3.63, 3.8) is 0 Å². The van der Waals surface area contributed by atoms with Gasteiger partial charge in [0.25, 0.3) is 0 Å². The van der Waals surface area contributed by atoms with Gasteiger partial charge < -0.3 is 19.3 Å². The topological polar surface area (TPSA) is 65.0 Å². The highest BCUT2D eigenvalue weighted by Gasteiger charge is 2.24. The molecule has 0 unspecified atom stereocenters. The minimum Gasteiger partial charge on any atom is -0.507 e. The number of benzene rings is 2. The van der Waals surface area contributed by atoms with E-state index in [1.165, 1.54) is 20.1 Å². The number of phenolic OH excluding ortho intramolecular Hbond substituents is 1. The maximum absolute atomic E-state index is 11.5. The van der Waals surface area contributed by atoms with E-state index < -0.39 is 5.97 Å². The van der Waals surface area contributed by atoms with Crippen molar-refractivity contribution in [2.45, 2.75) is 6.92 Å². The second-order valence-electron chi connectivity index (χ2n) is 5.44. The Hall–Kier alpha value is -2.99. The van der Waals surface area contributed by atoms with Gasteiger partial charge in [-0.15, -0.1) is 11.3 Å². The van der Waals surface area contributed by atoms with Crippen LogP contribution in [-0.4, -0.2) is 25.3 Å². The molecule has 0 spiro atoms. The molecule has 6 heteroatoms. The standard InChI is InChI=1S/C20H18O5S/c1-12(21)25-16-7-4-6-14(22)18(16)19-15(23-2)10-9-13(20(19)24-3)17-8-5-11-26-17/h4-11,22H,1-3H3. The molecule has 1 aromatic heterocycles. The van der Waals surface area contributed by atoms with Crippen molar-refractivity contribution in [2.24, 2.45) is 0 Å². The highest BCUT2D eigenvalue weighted by atomic mass is 32.1. The SMILES string of the molecule is COc1ccc(-c2cccs2)c(OC)c1-c1c(O)cccc1OC(C)=O. The lowest BCUT2D eigenvalue weighted by Gasteiger charge is -2.19. The number of phenols is 1. The van der Waals surface area contributed by atoms with Crippen LogP contribution >= 0.6 is 11.3 Å². The molecule has 134 valence electrons. The van der Waals surface area contributed by atoms with Crippen LogP contribution < -0.4 is 14.2 Å². The molecule has 0 fully saturated rings. The number of hydrogen-bond acceptors (Lipinski definition) is 6. The summed E-state index contributed by atoms with van der Waals surface area (Å²) >= 11 is 1.57. The van der Waals surface area contributed by atoms with Crippen molar-refractivity contribution in [3.05, 3.63) is 47.8 Å². The predicted octanol–water partition coefficient (Wildman–Crippen LogP) is 4.73. The first kappa shape index (κ1) is 17.8. The number of methoxy groups -OCH3 is 2. The quantitative estimate of drug-likeness (QED) is 0.519. The van der Waals surface area contributed by atoms with Crippen LogP contribution in [0.4, 0.5) is 0 Å². The maximum Gasteiger partial charge on any atom is 0.308 e. The monoisotopic (exact) mass is 370 g/mol. The van der Waals surface area contributed by atoms with E-state index in [1.54, 1.807) is 36.6 Å². The van der Waals surface area contributed by atoms with E-state index in [-0.39, 0.29) is 11.5 Å². The Bertz CT molecular complexity index is 932. The summed E-state index contributed by atoms with van der Waals surface area (Å²) in [6, 6.07) is 12.4. The van der Waals surface area contributed by atoms with Gasteiger partial charge in [-0.25, -0.2) is 0 Å². The summed E-state index contributed by atoms with van der Waals surface area (Å²) in [7, 11) is 3.09. The Kier molecular flexibility index (Phi) is 5.14. The number of hydrogen-bond donors (Lipinski definition) is 1. The van der Waals surface area contributed by atoms with Crippen LogP contribution in [0.3, 0.4) is 0 Å².